The molecule has 1 aliphatic carbocycles. The number of amides is 1. The van der Waals surface area contributed by atoms with Crippen LogP contribution in [0, 0.1) is 0 Å². The molecule has 0 heterocycles. The lowest BCUT2D eigenvalue weighted by molar-refractivity contribution is -0.123. The fraction of sp³-hybridized carbons (Fsp3) is 0.667. The molecule has 0 aromatic heterocycles. The smallest absolute Gasteiger partial charge is 0.258 e. The van der Waals surface area contributed by atoms with E-state index in [0.717, 1.165) is 57.0 Å². The Balaban J connectivity index is 0.00000512. The first-order chi connectivity index (χ1) is 15.0. The topological polar surface area (TPSA) is 78.0 Å². The number of carbonyl (C=O) groups excluding carboxylic acids is 1. The summed E-state index contributed by atoms with van der Waals surface area (Å²) in [5, 5.41) is 9.77. The molecule has 1 atom stereocenters. The minimum Gasteiger partial charge on any atom is -0.484 e. The lowest BCUT2D eigenvalue weighted by Crippen LogP contribution is -2.42. The van der Waals surface area contributed by atoms with E-state index in [4.69, 9.17) is 9.73 Å². The first-order valence-electron chi connectivity index (χ1n) is 11.8. The molecule has 1 aromatic carbocycles. The van der Waals surface area contributed by atoms with Gasteiger partial charge in [-0.3, -0.25) is 4.79 Å². The van der Waals surface area contributed by atoms with E-state index in [0.29, 0.717) is 24.4 Å². The zero-order valence-electron chi connectivity index (χ0n) is 20.2. The maximum atomic E-state index is 11.8. The van der Waals surface area contributed by atoms with Crippen molar-refractivity contribution in [2.45, 2.75) is 72.0 Å². The molecule has 1 fully saturated rings. The zero-order chi connectivity index (χ0) is 22.5. The van der Waals surface area contributed by atoms with Gasteiger partial charge in [0.1, 0.15) is 5.75 Å². The Morgan fingerprint density at radius 3 is 2.66 bits per heavy atom. The van der Waals surface area contributed by atoms with Gasteiger partial charge in [0.2, 0.25) is 0 Å². The Kier molecular flexibility index (Phi) is 14.4. The minimum atomic E-state index is -0.0560. The predicted octanol–water partition coefficient (Wildman–Crippen LogP) is 3.53. The van der Waals surface area contributed by atoms with Gasteiger partial charge in [0.25, 0.3) is 5.91 Å². The lowest BCUT2D eigenvalue weighted by Gasteiger charge is -2.21. The average Bonchev–Trinajstić information content (AvgIpc) is 3.58. The van der Waals surface area contributed by atoms with Gasteiger partial charge in [-0.05, 0) is 76.9 Å². The number of nitrogens with one attached hydrogen (secondary N) is 3. The molecule has 1 unspecified atom stereocenters. The van der Waals surface area contributed by atoms with Crippen LogP contribution in [-0.4, -0.2) is 61.6 Å². The summed E-state index contributed by atoms with van der Waals surface area (Å²) in [6, 6.07) is 8.50. The zero-order valence-corrected chi connectivity index (χ0v) is 22.5. The predicted molar refractivity (Wildman–Crippen MR) is 143 cm³/mol. The maximum absolute atomic E-state index is 11.8. The molecule has 182 valence electrons. The summed E-state index contributed by atoms with van der Waals surface area (Å²) in [6.07, 6.45) is 4.43. The van der Waals surface area contributed by atoms with Gasteiger partial charge in [0.15, 0.2) is 12.6 Å². The van der Waals surface area contributed by atoms with Crippen LogP contribution >= 0.6 is 24.0 Å². The van der Waals surface area contributed by atoms with Crippen molar-refractivity contribution in [1.29, 1.82) is 0 Å². The van der Waals surface area contributed by atoms with Crippen molar-refractivity contribution in [3.8, 4) is 5.75 Å². The van der Waals surface area contributed by atoms with Gasteiger partial charge in [0.05, 0.1) is 6.54 Å². The van der Waals surface area contributed by atoms with Crippen LogP contribution in [-0.2, 0) is 11.3 Å². The van der Waals surface area contributed by atoms with Crippen LogP contribution in [0.5, 0.6) is 5.75 Å². The number of aliphatic imine (C=N–C) groups is 1. The number of nitrogens with zero attached hydrogens (tertiary/aromatic N) is 2. The fourth-order valence-electron chi connectivity index (χ4n) is 3.34. The number of ether oxygens (including phenoxy) is 1. The molecular weight excluding hydrogens is 517 g/mol. The van der Waals surface area contributed by atoms with Crippen molar-refractivity contribution in [1.82, 2.24) is 20.9 Å². The third-order valence-corrected chi connectivity index (χ3v) is 5.36. The molecule has 2 rings (SSSR count). The van der Waals surface area contributed by atoms with Crippen LogP contribution in [0.2, 0.25) is 0 Å². The van der Waals surface area contributed by atoms with Gasteiger partial charge in [-0.1, -0.05) is 26.0 Å². The molecule has 7 nitrogen and oxygen atoms in total. The first-order valence-corrected chi connectivity index (χ1v) is 11.8. The Morgan fingerprint density at radius 2 is 2.00 bits per heavy atom. The highest BCUT2D eigenvalue weighted by Gasteiger charge is 2.23. The minimum absolute atomic E-state index is 0. The number of guanidine groups is 1. The molecule has 32 heavy (non-hydrogen) atoms. The van der Waals surface area contributed by atoms with E-state index in [2.05, 4.69) is 48.5 Å². The molecule has 0 spiro atoms. The molecule has 0 radical (unpaired) electrons. The number of benzene rings is 1. The molecule has 1 saturated carbocycles. The van der Waals surface area contributed by atoms with Crippen LogP contribution in [0.1, 0.15) is 58.9 Å². The third kappa shape index (κ3) is 11.9. The average molecular weight is 560 g/mol. The van der Waals surface area contributed by atoms with Crippen molar-refractivity contribution in [3.63, 3.8) is 0 Å². The second-order valence-electron chi connectivity index (χ2n) is 8.19. The molecule has 0 bridgehead atoms. The van der Waals surface area contributed by atoms with Crippen molar-refractivity contribution in [2.24, 2.45) is 4.99 Å². The molecule has 1 amide bonds. The second kappa shape index (κ2) is 16.1. The Morgan fingerprint density at radius 1 is 1.25 bits per heavy atom. The second-order valence-corrected chi connectivity index (χ2v) is 8.19. The highest BCUT2D eigenvalue weighted by molar-refractivity contribution is 14.0. The van der Waals surface area contributed by atoms with Gasteiger partial charge >= 0.3 is 0 Å². The lowest BCUT2D eigenvalue weighted by atomic mass is 10.2. The fourth-order valence-corrected chi connectivity index (χ4v) is 3.34. The largest absolute Gasteiger partial charge is 0.484 e. The highest BCUT2D eigenvalue weighted by atomic mass is 127. The van der Waals surface area contributed by atoms with E-state index in [-0.39, 0.29) is 36.5 Å². The number of rotatable bonds is 14. The maximum Gasteiger partial charge on any atom is 0.258 e. The number of halogens is 1. The van der Waals surface area contributed by atoms with Crippen molar-refractivity contribution in [3.05, 3.63) is 29.8 Å². The van der Waals surface area contributed by atoms with Gasteiger partial charge in [-0.15, -0.1) is 24.0 Å². The Hall–Kier alpha value is -1.55. The molecule has 0 saturated heterocycles. The summed E-state index contributed by atoms with van der Waals surface area (Å²) >= 11 is 0. The molecule has 8 heteroatoms. The molecule has 1 aliphatic rings. The monoisotopic (exact) mass is 559 g/mol. The van der Waals surface area contributed by atoms with Gasteiger partial charge < -0.3 is 25.6 Å². The van der Waals surface area contributed by atoms with Crippen molar-refractivity contribution in [2.75, 3.05) is 32.8 Å². The summed E-state index contributed by atoms with van der Waals surface area (Å²) < 4.78 is 5.64. The number of carbonyl (C=O) groups is 1. The highest BCUT2D eigenvalue weighted by Crippen LogP contribution is 2.18. The number of hydrogen-bond acceptors (Lipinski definition) is 4. The van der Waals surface area contributed by atoms with Crippen molar-refractivity contribution >= 4 is 35.8 Å². The van der Waals surface area contributed by atoms with E-state index in [1.54, 1.807) is 0 Å². The molecule has 0 aliphatic heterocycles. The van der Waals surface area contributed by atoms with Gasteiger partial charge in [0, 0.05) is 18.6 Å². The third-order valence-electron chi connectivity index (χ3n) is 5.36. The summed E-state index contributed by atoms with van der Waals surface area (Å²) in [6.45, 7) is 13.5. The Bertz CT molecular complexity index is 693. The van der Waals surface area contributed by atoms with Gasteiger partial charge in [-0.25, -0.2) is 4.99 Å². The van der Waals surface area contributed by atoms with Crippen LogP contribution in [0.25, 0.3) is 0 Å². The SMILES string of the molecule is CCNC(=NCc1cccc(OCC(=O)NC2CC2)c1)NC(C)CCCN(CC)CC.I. The van der Waals surface area contributed by atoms with Crippen molar-refractivity contribution < 1.29 is 9.53 Å². The van der Waals surface area contributed by atoms with Crippen LogP contribution in [0.4, 0.5) is 0 Å². The molecule has 1 aromatic rings. The van der Waals surface area contributed by atoms with E-state index >= 15 is 0 Å². The van der Waals surface area contributed by atoms with E-state index < -0.39 is 0 Å². The number of hydrogen-bond donors (Lipinski definition) is 3. The Labute approximate surface area is 211 Å². The van der Waals surface area contributed by atoms with E-state index in [9.17, 15) is 4.79 Å². The summed E-state index contributed by atoms with van der Waals surface area (Å²) in [5.74, 6) is 1.47. The molecule has 3 N–H and O–H groups in total. The molecular formula is C24H42IN5O2. The van der Waals surface area contributed by atoms with Gasteiger partial charge in [-0.2, -0.15) is 0 Å². The van der Waals surface area contributed by atoms with E-state index in [1.807, 2.05) is 24.3 Å². The summed E-state index contributed by atoms with van der Waals surface area (Å²) in [5.41, 5.74) is 1.05. The van der Waals surface area contributed by atoms with Crippen LogP contribution in [0.15, 0.2) is 29.3 Å². The van der Waals surface area contributed by atoms with Crippen LogP contribution in [0.3, 0.4) is 0 Å². The van der Waals surface area contributed by atoms with Crippen LogP contribution < -0.4 is 20.7 Å². The summed E-state index contributed by atoms with van der Waals surface area (Å²) in [4.78, 5) is 19.0. The summed E-state index contributed by atoms with van der Waals surface area (Å²) in [7, 11) is 0. The standard InChI is InChI=1S/C24H41N5O2.HI/c1-5-25-24(27-19(4)10-9-15-29(6-2)7-3)26-17-20-11-8-12-22(16-20)31-18-23(30)28-21-13-14-21;/h8,11-12,16,19,21H,5-7,9-10,13-15,17-18H2,1-4H3,(H,28,30)(H2,25,26,27);1H. The quantitative estimate of drug-likeness (QED) is 0.185. The first kappa shape index (κ1) is 28.5. The normalized spacial score (nSPS) is 14.5. The van der Waals surface area contributed by atoms with E-state index in [1.165, 1.54) is 6.42 Å².